The number of hydrogen-bond acceptors (Lipinski definition) is 6. The zero-order valence-electron chi connectivity index (χ0n) is 15.9. The summed E-state index contributed by atoms with van der Waals surface area (Å²) in [4.78, 5) is 32.7. The Morgan fingerprint density at radius 2 is 2.03 bits per heavy atom. The summed E-state index contributed by atoms with van der Waals surface area (Å²) in [6, 6.07) is 7.54. The van der Waals surface area contributed by atoms with E-state index < -0.39 is 0 Å². The molecule has 0 bridgehead atoms. The van der Waals surface area contributed by atoms with Gasteiger partial charge in [-0.05, 0) is 34.0 Å². The highest BCUT2D eigenvalue weighted by atomic mass is 79.9. The van der Waals surface area contributed by atoms with Crippen LogP contribution in [-0.4, -0.2) is 48.6 Å². The fourth-order valence-corrected chi connectivity index (χ4v) is 3.72. The van der Waals surface area contributed by atoms with Crippen LogP contribution in [0.15, 0.2) is 40.1 Å². The molecule has 2 rings (SSSR count). The lowest BCUT2D eigenvalue weighted by Crippen LogP contribution is -2.32. The molecule has 0 saturated carbocycles. The smallest absolute Gasteiger partial charge is 0.271 e. The van der Waals surface area contributed by atoms with Gasteiger partial charge in [0.1, 0.15) is 5.69 Å². The van der Waals surface area contributed by atoms with E-state index in [2.05, 4.69) is 36.5 Å². The number of ether oxygens (including phenoxy) is 1. The van der Waals surface area contributed by atoms with Crippen LogP contribution in [-0.2, 0) is 15.3 Å². The molecule has 0 fully saturated rings. The van der Waals surface area contributed by atoms with Gasteiger partial charge in [-0.3, -0.25) is 9.59 Å². The summed E-state index contributed by atoms with van der Waals surface area (Å²) in [6.07, 6.45) is 2.48. The molecule has 10 heteroatoms. The molecule has 7 nitrogen and oxygen atoms in total. The highest BCUT2D eigenvalue weighted by molar-refractivity contribution is 9.10. The monoisotopic (exact) mass is 500 g/mol. The van der Waals surface area contributed by atoms with E-state index in [0.29, 0.717) is 33.6 Å². The first-order valence-electron chi connectivity index (χ1n) is 8.94. The fourth-order valence-electron chi connectivity index (χ4n) is 2.24. The number of rotatable bonds is 11. The molecule has 29 heavy (non-hydrogen) atoms. The summed E-state index contributed by atoms with van der Waals surface area (Å²) < 4.78 is 5.41. The van der Waals surface area contributed by atoms with Crippen molar-refractivity contribution in [2.24, 2.45) is 0 Å². The molecular weight excluding hydrogens is 480 g/mol. The molecule has 2 amide bonds. The van der Waals surface area contributed by atoms with E-state index in [1.54, 1.807) is 13.3 Å². The zero-order chi connectivity index (χ0) is 21.1. The number of nitrogens with zero attached hydrogens (tertiary/aromatic N) is 2. The average Bonchev–Trinajstić information content (AvgIpc) is 2.71. The predicted molar refractivity (Wildman–Crippen MR) is 117 cm³/mol. The van der Waals surface area contributed by atoms with Crippen molar-refractivity contribution in [2.75, 3.05) is 26.8 Å². The van der Waals surface area contributed by atoms with Crippen LogP contribution in [0.3, 0.4) is 0 Å². The van der Waals surface area contributed by atoms with Crippen LogP contribution in [0, 0.1) is 0 Å². The molecular formula is C19H22BrClN4O3S. The molecule has 0 aliphatic heterocycles. The topological polar surface area (TPSA) is 93.2 Å². The summed E-state index contributed by atoms with van der Waals surface area (Å²) in [5, 5.41) is 6.62. The van der Waals surface area contributed by atoms with Crippen molar-refractivity contribution < 1.29 is 14.3 Å². The maximum Gasteiger partial charge on any atom is 0.271 e. The molecule has 0 aliphatic carbocycles. The number of halogens is 2. The lowest BCUT2D eigenvalue weighted by atomic mass is 10.2. The number of aromatic nitrogens is 2. The van der Waals surface area contributed by atoms with E-state index in [1.807, 2.05) is 24.3 Å². The summed E-state index contributed by atoms with van der Waals surface area (Å²) in [5.74, 6) is 0.0937. The van der Waals surface area contributed by atoms with Crippen molar-refractivity contribution >= 4 is 51.1 Å². The molecule has 0 radical (unpaired) electrons. The predicted octanol–water partition coefficient (Wildman–Crippen LogP) is 3.46. The van der Waals surface area contributed by atoms with E-state index in [4.69, 9.17) is 16.3 Å². The Labute approximate surface area is 187 Å². The van der Waals surface area contributed by atoms with Crippen LogP contribution >= 0.6 is 39.3 Å². The molecule has 0 aliphatic rings. The van der Waals surface area contributed by atoms with Crippen LogP contribution in [0.2, 0.25) is 5.02 Å². The fraction of sp³-hybridized carbons (Fsp3) is 0.368. The van der Waals surface area contributed by atoms with Crippen LogP contribution in [0.5, 0.6) is 0 Å². The first-order valence-corrected chi connectivity index (χ1v) is 11.1. The Morgan fingerprint density at radius 3 is 2.79 bits per heavy atom. The highest BCUT2D eigenvalue weighted by Gasteiger charge is 2.14. The minimum absolute atomic E-state index is 0.126. The SMILES string of the molecule is COCCCNC(=O)CCNC(=O)c1nc(SCc2ccccc2Cl)ncc1Br. The summed E-state index contributed by atoms with van der Waals surface area (Å²) in [5.41, 5.74) is 1.19. The Morgan fingerprint density at radius 1 is 1.24 bits per heavy atom. The Kier molecular flexibility index (Phi) is 10.4. The molecule has 2 aromatic rings. The summed E-state index contributed by atoms with van der Waals surface area (Å²) >= 11 is 10.9. The molecule has 1 aromatic heterocycles. The number of thioether (sulfide) groups is 1. The largest absolute Gasteiger partial charge is 0.385 e. The number of hydrogen-bond donors (Lipinski definition) is 2. The van der Waals surface area contributed by atoms with Gasteiger partial charge in [0.15, 0.2) is 5.16 Å². The zero-order valence-corrected chi connectivity index (χ0v) is 19.1. The van der Waals surface area contributed by atoms with Gasteiger partial charge >= 0.3 is 0 Å². The van der Waals surface area contributed by atoms with Gasteiger partial charge in [-0.25, -0.2) is 9.97 Å². The van der Waals surface area contributed by atoms with Crippen molar-refractivity contribution in [1.82, 2.24) is 20.6 Å². The van der Waals surface area contributed by atoms with Gasteiger partial charge in [-0.2, -0.15) is 0 Å². The van der Waals surface area contributed by atoms with Gasteiger partial charge in [0.25, 0.3) is 5.91 Å². The van der Waals surface area contributed by atoms with Crippen molar-refractivity contribution in [3.63, 3.8) is 0 Å². The lowest BCUT2D eigenvalue weighted by Gasteiger charge is -2.08. The summed E-state index contributed by atoms with van der Waals surface area (Å²) in [7, 11) is 1.61. The van der Waals surface area contributed by atoms with Gasteiger partial charge in [0, 0.05) is 50.2 Å². The second kappa shape index (κ2) is 12.8. The number of nitrogens with one attached hydrogen (secondary N) is 2. The number of methoxy groups -OCH3 is 1. The maximum atomic E-state index is 12.4. The average molecular weight is 502 g/mol. The van der Waals surface area contributed by atoms with Crippen molar-refractivity contribution in [3.05, 3.63) is 51.2 Å². The number of benzene rings is 1. The normalized spacial score (nSPS) is 10.6. The third-order valence-corrected chi connectivity index (χ3v) is 5.60. The van der Waals surface area contributed by atoms with Gasteiger partial charge in [-0.1, -0.05) is 41.6 Å². The molecule has 2 N–H and O–H groups in total. The van der Waals surface area contributed by atoms with E-state index in [1.165, 1.54) is 11.8 Å². The van der Waals surface area contributed by atoms with Gasteiger partial charge in [0.05, 0.1) is 4.47 Å². The van der Waals surface area contributed by atoms with Gasteiger partial charge in [0.2, 0.25) is 5.91 Å². The number of amides is 2. The molecule has 0 atom stereocenters. The highest BCUT2D eigenvalue weighted by Crippen LogP contribution is 2.25. The van der Waals surface area contributed by atoms with Crippen molar-refractivity contribution in [3.8, 4) is 0 Å². The molecule has 0 saturated heterocycles. The van der Waals surface area contributed by atoms with Crippen LogP contribution in [0.1, 0.15) is 28.9 Å². The Hall–Kier alpha value is -1.68. The van der Waals surface area contributed by atoms with Gasteiger partial charge < -0.3 is 15.4 Å². The number of carbonyl (C=O) groups excluding carboxylic acids is 2. The lowest BCUT2D eigenvalue weighted by molar-refractivity contribution is -0.120. The molecule has 1 aromatic carbocycles. The molecule has 1 heterocycles. The first kappa shape index (κ1) is 23.6. The second-order valence-electron chi connectivity index (χ2n) is 5.93. The first-order chi connectivity index (χ1) is 14.0. The number of carbonyl (C=O) groups is 2. The standard InChI is InChI=1S/C19H22BrClN4O3S/c1-28-10-4-8-22-16(26)7-9-23-18(27)17-14(20)11-24-19(25-17)29-12-13-5-2-3-6-15(13)21/h2-3,5-6,11H,4,7-10,12H2,1H3,(H,22,26)(H,23,27). The third kappa shape index (κ3) is 8.30. The van der Waals surface area contributed by atoms with Crippen LogP contribution in [0.25, 0.3) is 0 Å². The summed E-state index contributed by atoms with van der Waals surface area (Å²) in [6.45, 7) is 1.35. The van der Waals surface area contributed by atoms with Crippen LogP contribution in [0.4, 0.5) is 0 Å². The minimum Gasteiger partial charge on any atom is -0.385 e. The van der Waals surface area contributed by atoms with Crippen LogP contribution < -0.4 is 10.6 Å². The van der Waals surface area contributed by atoms with E-state index in [0.717, 1.165) is 12.0 Å². The minimum atomic E-state index is -0.369. The van der Waals surface area contributed by atoms with E-state index in [9.17, 15) is 9.59 Å². The molecule has 0 unspecified atom stereocenters. The third-order valence-electron chi connectivity index (χ3n) is 3.74. The maximum absolute atomic E-state index is 12.4. The molecule has 156 valence electrons. The van der Waals surface area contributed by atoms with Crippen molar-refractivity contribution in [2.45, 2.75) is 23.8 Å². The second-order valence-corrected chi connectivity index (χ2v) is 8.14. The molecule has 0 spiro atoms. The Balaban J connectivity index is 1.84. The Bertz CT molecular complexity index is 841. The van der Waals surface area contributed by atoms with E-state index in [-0.39, 0.29) is 30.5 Å². The van der Waals surface area contributed by atoms with Crippen molar-refractivity contribution in [1.29, 1.82) is 0 Å². The van der Waals surface area contributed by atoms with E-state index >= 15 is 0 Å². The quantitative estimate of drug-likeness (QED) is 0.278. The van der Waals surface area contributed by atoms with Gasteiger partial charge in [-0.15, -0.1) is 0 Å².